The zero-order valence-electron chi connectivity index (χ0n) is 19.2. The minimum Gasteiger partial charge on any atom is -0.491 e. The van der Waals surface area contributed by atoms with Gasteiger partial charge in [-0.25, -0.2) is 13.2 Å². The van der Waals surface area contributed by atoms with Crippen LogP contribution in [-0.4, -0.2) is 33.7 Å². The van der Waals surface area contributed by atoms with Crippen molar-refractivity contribution in [2.75, 3.05) is 23.9 Å². The van der Waals surface area contributed by atoms with Crippen molar-refractivity contribution in [3.8, 4) is 16.9 Å². The van der Waals surface area contributed by atoms with Crippen LogP contribution in [0.5, 0.6) is 5.75 Å². The van der Waals surface area contributed by atoms with E-state index in [2.05, 4.69) is 19.1 Å². The lowest BCUT2D eigenvalue weighted by molar-refractivity contribution is 0.314. The van der Waals surface area contributed by atoms with Gasteiger partial charge in [0.15, 0.2) is 23.2 Å². The van der Waals surface area contributed by atoms with Crippen molar-refractivity contribution >= 4 is 35.3 Å². The third kappa shape index (κ3) is 5.44. The molecule has 0 radical (unpaired) electrons. The van der Waals surface area contributed by atoms with Crippen molar-refractivity contribution in [1.82, 2.24) is 0 Å². The van der Waals surface area contributed by atoms with E-state index in [1.54, 1.807) is 6.92 Å². The second-order valence-corrected chi connectivity index (χ2v) is 12.4. The van der Waals surface area contributed by atoms with E-state index in [4.69, 9.17) is 4.74 Å². The van der Waals surface area contributed by atoms with E-state index in [-0.39, 0.29) is 29.4 Å². The molecule has 0 bridgehead atoms. The number of thioether (sulfide) groups is 3. The van der Waals surface area contributed by atoms with Crippen LogP contribution in [-0.2, 0) is 0 Å². The van der Waals surface area contributed by atoms with Gasteiger partial charge in [-0.2, -0.15) is 16.2 Å². The number of ether oxygens (including phenoxy) is 1. The zero-order chi connectivity index (χ0) is 24.2. The average Bonchev–Trinajstić information content (AvgIpc) is 2.85. The maximum Gasteiger partial charge on any atom is 0.201 e. The summed E-state index contributed by atoms with van der Waals surface area (Å²) in [7, 11) is 0. The maximum atomic E-state index is 15.1. The third-order valence-electron chi connectivity index (χ3n) is 6.23. The Balaban J connectivity index is 1.45. The first-order valence-electron chi connectivity index (χ1n) is 11.5. The first kappa shape index (κ1) is 25.8. The highest BCUT2D eigenvalue weighted by Gasteiger charge is 2.34. The van der Waals surface area contributed by atoms with Crippen molar-refractivity contribution in [3.63, 3.8) is 0 Å². The molecule has 1 nitrogen and oxygen atoms in total. The molecule has 2 saturated heterocycles. The highest BCUT2D eigenvalue weighted by Crippen LogP contribution is 2.47. The molecule has 2 aliphatic rings. The Morgan fingerprint density at radius 1 is 0.853 bits per heavy atom. The first-order valence-corrected chi connectivity index (χ1v) is 14.7. The monoisotopic (exact) mass is 528 g/mol. The fourth-order valence-electron chi connectivity index (χ4n) is 4.44. The quantitative estimate of drug-likeness (QED) is 0.275. The van der Waals surface area contributed by atoms with E-state index in [1.807, 2.05) is 35.3 Å². The average molecular weight is 529 g/mol. The molecule has 2 heterocycles. The van der Waals surface area contributed by atoms with Crippen molar-refractivity contribution in [3.05, 3.63) is 65.2 Å². The van der Waals surface area contributed by atoms with Gasteiger partial charge in [-0.3, -0.25) is 0 Å². The first-order chi connectivity index (χ1) is 16.4. The van der Waals surface area contributed by atoms with Gasteiger partial charge in [-0.15, -0.1) is 23.5 Å². The number of benzene rings is 2. The van der Waals surface area contributed by atoms with Crippen LogP contribution in [0, 0.1) is 29.2 Å². The Kier molecular flexibility index (Phi) is 8.86. The molecule has 184 valence electrons. The normalized spacial score (nSPS) is 25.6. The van der Waals surface area contributed by atoms with Crippen LogP contribution in [0.25, 0.3) is 11.1 Å². The summed E-state index contributed by atoms with van der Waals surface area (Å²) in [5, 5.41) is 0.582. The zero-order valence-corrected chi connectivity index (χ0v) is 21.6. The molecule has 34 heavy (non-hydrogen) atoms. The third-order valence-corrected chi connectivity index (χ3v) is 11.4. The Morgan fingerprint density at radius 2 is 1.53 bits per heavy atom. The van der Waals surface area contributed by atoms with Crippen molar-refractivity contribution in [2.45, 2.75) is 42.4 Å². The lowest BCUT2D eigenvalue weighted by Gasteiger charge is -2.36. The predicted octanol–water partition coefficient (Wildman–Crippen LogP) is 8.29. The molecular formula is C26H28F4OS3. The number of halogens is 4. The molecule has 4 rings (SSSR count). The van der Waals surface area contributed by atoms with Crippen LogP contribution in [0.2, 0.25) is 0 Å². The van der Waals surface area contributed by atoms with Crippen LogP contribution >= 0.6 is 35.3 Å². The van der Waals surface area contributed by atoms with Crippen LogP contribution in [0.15, 0.2) is 36.4 Å². The fourth-order valence-corrected chi connectivity index (χ4v) is 9.76. The van der Waals surface area contributed by atoms with Gasteiger partial charge in [0.05, 0.1) is 11.2 Å². The minimum absolute atomic E-state index is 0.124. The van der Waals surface area contributed by atoms with E-state index in [1.165, 1.54) is 37.1 Å². The summed E-state index contributed by atoms with van der Waals surface area (Å²) in [4.78, 5) is 0. The number of hydrogen-bond donors (Lipinski definition) is 0. The smallest absolute Gasteiger partial charge is 0.201 e. The number of allylic oxidation sites excluding steroid dienone is 2. The Bertz CT molecular complexity index is 1030. The van der Waals surface area contributed by atoms with Gasteiger partial charge in [-0.1, -0.05) is 24.3 Å². The molecule has 2 fully saturated rings. The van der Waals surface area contributed by atoms with E-state index in [9.17, 15) is 8.78 Å². The molecule has 0 spiro atoms. The van der Waals surface area contributed by atoms with Crippen molar-refractivity contribution in [2.24, 2.45) is 5.92 Å². The molecule has 1 unspecified atom stereocenters. The van der Waals surface area contributed by atoms with Crippen LogP contribution in [0.3, 0.4) is 0 Å². The Hall–Kier alpha value is -1.25. The number of hydrogen-bond acceptors (Lipinski definition) is 4. The second-order valence-electron chi connectivity index (χ2n) is 8.47. The minimum atomic E-state index is -1.25. The fraction of sp³-hybridized carbons (Fsp3) is 0.462. The van der Waals surface area contributed by atoms with Crippen molar-refractivity contribution in [1.29, 1.82) is 0 Å². The summed E-state index contributed by atoms with van der Waals surface area (Å²) in [6.45, 7) is 3.88. The molecule has 0 saturated carbocycles. The highest BCUT2D eigenvalue weighted by molar-refractivity contribution is 8.18. The van der Waals surface area contributed by atoms with E-state index >= 15 is 8.78 Å². The molecule has 0 amide bonds. The summed E-state index contributed by atoms with van der Waals surface area (Å²) in [6.07, 6.45) is 6.79. The molecule has 8 heteroatoms. The summed E-state index contributed by atoms with van der Waals surface area (Å²) in [5.41, 5.74) is -0.304. The van der Waals surface area contributed by atoms with Crippen molar-refractivity contribution < 1.29 is 22.3 Å². The molecule has 0 aliphatic carbocycles. The van der Waals surface area contributed by atoms with Crippen LogP contribution < -0.4 is 4.74 Å². The summed E-state index contributed by atoms with van der Waals surface area (Å²) in [6, 6.07) is 5.33. The lowest BCUT2D eigenvalue weighted by Crippen LogP contribution is -2.29. The van der Waals surface area contributed by atoms with Gasteiger partial charge < -0.3 is 4.74 Å². The standard InChI is InChI=1S/C26H28F4OS3/c1-3-5-15-6-11-21(32-12-15)26-33-13-16(14-34-26)17-7-8-18(23(28)22(17)27)19-9-10-20(31-4-2)25(30)24(19)29/h3,5,7-10,15-16,21,26H,4,6,11-14H2,1-2H3/t15?,16?,21-,26?/m0/s1. The Morgan fingerprint density at radius 3 is 2.15 bits per heavy atom. The SMILES string of the molecule is CC=CC1CC[C@@H](C2SCC(c3ccc(-c4ccc(OCC)c(F)c4F)c(F)c3F)CS2)SC1. The highest BCUT2D eigenvalue weighted by atomic mass is 32.2. The summed E-state index contributed by atoms with van der Waals surface area (Å²) >= 11 is 5.67. The molecule has 2 atom stereocenters. The van der Waals surface area contributed by atoms with Crippen LogP contribution in [0.1, 0.15) is 38.2 Å². The molecule has 0 N–H and O–H groups in total. The molecule has 2 aromatic carbocycles. The van der Waals surface area contributed by atoms with Gasteiger partial charge in [-0.05, 0) is 56.1 Å². The van der Waals surface area contributed by atoms with Gasteiger partial charge >= 0.3 is 0 Å². The second kappa shape index (κ2) is 11.7. The maximum absolute atomic E-state index is 15.1. The number of rotatable bonds is 6. The topological polar surface area (TPSA) is 9.23 Å². The van der Waals surface area contributed by atoms with Gasteiger partial charge in [0.1, 0.15) is 0 Å². The van der Waals surface area contributed by atoms with E-state index in [0.29, 0.717) is 21.3 Å². The molecule has 2 aromatic rings. The molecule has 0 aromatic heterocycles. The lowest BCUT2D eigenvalue weighted by atomic mass is 9.96. The van der Waals surface area contributed by atoms with Gasteiger partial charge in [0.25, 0.3) is 0 Å². The van der Waals surface area contributed by atoms with E-state index < -0.39 is 23.3 Å². The Labute approximate surface area is 211 Å². The molecular weight excluding hydrogens is 500 g/mol. The summed E-state index contributed by atoms with van der Waals surface area (Å²) in [5.74, 6) is -1.71. The summed E-state index contributed by atoms with van der Waals surface area (Å²) < 4.78 is 64.4. The van der Waals surface area contributed by atoms with Gasteiger partial charge in [0.2, 0.25) is 5.82 Å². The van der Waals surface area contributed by atoms with Gasteiger partial charge in [0, 0.05) is 33.8 Å². The molecule has 2 aliphatic heterocycles. The largest absolute Gasteiger partial charge is 0.491 e. The predicted molar refractivity (Wildman–Crippen MR) is 138 cm³/mol. The van der Waals surface area contributed by atoms with Crippen LogP contribution in [0.4, 0.5) is 17.6 Å². The van der Waals surface area contributed by atoms with E-state index in [0.717, 1.165) is 17.3 Å².